The largest absolute Gasteiger partial charge is 1.00 e. The van der Waals surface area contributed by atoms with E-state index >= 15 is 0 Å². The van der Waals surface area contributed by atoms with Crippen LogP contribution in [0.5, 0.6) is 0 Å². The van der Waals surface area contributed by atoms with E-state index in [1.165, 1.54) is 0 Å². The summed E-state index contributed by atoms with van der Waals surface area (Å²) in [5.74, 6) is -0.471. The van der Waals surface area contributed by atoms with Crippen LogP contribution in [0.3, 0.4) is 0 Å². The summed E-state index contributed by atoms with van der Waals surface area (Å²) in [6, 6.07) is 9.27. The molecule has 0 aliphatic carbocycles. The van der Waals surface area contributed by atoms with Gasteiger partial charge in [0.05, 0.1) is 7.85 Å². The van der Waals surface area contributed by atoms with Gasteiger partial charge in [-0.25, -0.2) is 0 Å². The summed E-state index contributed by atoms with van der Waals surface area (Å²) in [6.07, 6.45) is 0.731. The molecule has 2 radical (unpaired) electrons. The Labute approximate surface area is 91.4 Å². The van der Waals surface area contributed by atoms with Gasteiger partial charge in [0, 0.05) is 5.82 Å². The molecule has 0 saturated heterocycles. The second kappa shape index (κ2) is 5.59. The predicted molar refractivity (Wildman–Crippen MR) is 42.1 cm³/mol. The predicted octanol–water partition coefficient (Wildman–Crippen LogP) is -1.79. The van der Waals surface area contributed by atoms with Gasteiger partial charge < -0.3 is 6.22 Å². The molecule has 0 aliphatic rings. The zero-order chi connectivity index (χ0) is 7.40. The van der Waals surface area contributed by atoms with E-state index in [1.54, 1.807) is 0 Å². The van der Waals surface area contributed by atoms with Gasteiger partial charge in [-0.15, -0.1) is 0 Å². The summed E-state index contributed by atoms with van der Waals surface area (Å²) in [4.78, 5) is 10.2. The maximum Gasteiger partial charge on any atom is 1.00 e. The molecule has 0 saturated carbocycles. The summed E-state index contributed by atoms with van der Waals surface area (Å²) in [5, 5.41) is 0. The average Bonchev–Trinajstić information content (AvgIpc) is 2.05. The summed E-state index contributed by atoms with van der Waals surface area (Å²) < 4.78 is 0. The van der Waals surface area contributed by atoms with E-state index in [0.717, 1.165) is 11.8 Å². The first kappa shape index (κ1) is 11.0. The van der Waals surface area contributed by atoms with Gasteiger partial charge in [0.15, 0.2) is 0 Å². The van der Waals surface area contributed by atoms with Crippen molar-refractivity contribution in [2.24, 2.45) is 0 Å². The molecule has 0 heterocycles. The van der Waals surface area contributed by atoms with Gasteiger partial charge in [0.2, 0.25) is 0 Å². The van der Waals surface area contributed by atoms with Crippen LogP contribution in [0.2, 0.25) is 0 Å². The van der Waals surface area contributed by atoms with Gasteiger partial charge in [-0.1, -0.05) is 30.3 Å². The molecule has 3 heteroatoms. The number of benzene rings is 1. The molecule has 1 aromatic carbocycles. The van der Waals surface area contributed by atoms with E-state index in [-0.39, 0.29) is 31.0 Å². The van der Waals surface area contributed by atoms with Crippen molar-refractivity contribution in [3.8, 4) is 0 Å². The third-order valence-electron chi connectivity index (χ3n) is 1.33. The van der Waals surface area contributed by atoms with Crippen molar-refractivity contribution in [2.75, 3.05) is 0 Å². The first-order valence-electron chi connectivity index (χ1n) is 3.10. The van der Waals surface area contributed by atoms with Gasteiger partial charge in [-0.2, -0.15) is 0 Å². The molecule has 1 aromatic rings. The minimum absolute atomic E-state index is 0. The average molecular weight is 154 g/mol. The van der Waals surface area contributed by atoms with Crippen molar-refractivity contribution < 1.29 is 35.8 Å². The molecule has 0 fully saturated rings. The maximum absolute atomic E-state index is 10.2. The van der Waals surface area contributed by atoms with E-state index in [4.69, 9.17) is 7.85 Å². The molecule has 0 spiro atoms. The molecule has 1 unspecified atom stereocenters. The molecule has 11 heavy (non-hydrogen) atoms. The van der Waals surface area contributed by atoms with Crippen LogP contribution in [-0.2, 0) is 4.79 Å². The molecular weight excluding hydrogens is 146 g/mol. The van der Waals surface area contributed by atoms with Crippen molar-refractivity contribution in [2.45, 2.75) is 5.82 Å². The maximum atomic E-state index is 10.2. The summed E-state index contributed by atoms with van der Waals surface area (Å²) >= 11 is 0. The number of carbonyl (C=O) groups is 1. The van der Waals surface area contributed by atoms with E-state index in [1.807, 2.05) is 30.3 Å². The normalized spacial score (nSPS) is 11.3. The Morgan fingerprint density at radius 3 is 2.36 bits per heavy atom. The summed E-state index contributed by atoms with van der Waals surface area (Å²) in [6.45, 7) is 0. The van der Waals surface area contributed by atoms with Crippen molar-refractivity contribution in [3.05, 3.63) is 35.9 Å². The van der Waals surface area contributed by atoms with Crippen molar-refractivity contribution in [1.29, 1.82) is 0 Å². The Kier molecular flexibility index (Phi) is 5.56. The number of carbonyl (C=O) groups excluding carboxylic acids is 1. The van der Waals surface area contributed by atoms with Crippen LogP contribution >= 0.6 is 0 Å². The first-order valence-corrected chi connectivity index (χ1v) is 3.10. The minimum Gasteiger partial charge on any atom is -1.00 e. The topological polar surface area (TPSA) is 17.1 Å². The molecule has 0 bridgehead atoms. The Morgan fingerprint density at radius 2 is 1.91 bits per heavy atom. The fourth-order valence-corrected chi connectivity index (χ4v) is 0.754. The van der Waals surface area contributed by atoms with E-state index in [2.05, 4.69) is 0 Å². The Hall–Kier alpha value is -0.0451. The molecule has 0 aliphatic heterocycles. The second-order valence-electron chi connectivity index (χ2n) is 2.07. The molecule has 1 nitrogen and oxygen atoms in total. The van der Waals surface area contributed by atoms with Gasteiger partial charge >= 0.3 is 29.6 Å². The Morgan fingerprint density at radius 1 is 1.36 bits per heavy atom. The van der Waals surface area contributed by atoms with E-state index < -0.39 is 5.82 Å². The van der Waals surface area contributed by atoms with Crippen LogP contribution in [0, 0.1) is 0 Å². The Balaban J connectivity index is 0. The van der Waals surface area contributed by atoms with Gasteiger partial charge in [-0.3, -0.25) is 0 Å². The number of aldehydes is 1. The SMILES string of the molecule is [B]C(C=O)c1ccccc1.[H-].[Na+]. The molecule has 0 N–H and O–H groups in total. The third-order valence-corrected chi connectivity index (χ3v) is 1.33. The minimum atomic E-state index is -0.471. The zero-order valence-corrected chi connectivity index (χ0v) is 8.53. The van der Waals surface area contributed by atoms with Crippen LogP contribution in [0.4, 0.5) is 0 Å². The van der Waals surface area contributed by atoms with Crippen LogP contribution < -0.4 is 29.6 Å². The van der Waals surface area contributed by atoms with Crippen LogP contribution in [0.1, 0.15) is 12.8 Å². The standard InChI is InChI=1S/C8H7BO.Na.H/c9-8(6-10)7-4-2-1-3-5-7;;/h1-6,8H;;/q;+1;-1. The van der Waals surface area contributed by atoms with E-state index in [0.29, 0.717) is 0 Å². The molecule has 1 atom stereocenters. The third kappa shape index (κ3) is 3.23. The molecule has 0 amide bonds. The van der Waals surface area contributed by atoms with Crippen LogP contribution in [0.25, 0.3) is 0 Å². The van der Waals surface area contributed by atoms with Crippen molar-refractivity contribution in [3.63, 3.8) is 0 Å². The van der Waals surface area contributed by atoms with Crippen molar-refractivity contribution >= 4 is 14.1 Å². The smallest absolute Gasteiger partial charge is 1.00 e. The van der Waals surface area contributed by atoms with Crippen molar-refractivity contribution in [1.82, 2.24) is 0 Å². The first-order chi connectivity index (χ1) is 4.84. The number of hydrogen-bond acceptors (Lipinski definition) is 1. The van der Waals surface area contributed by atoms with E-state index in [9.17, 15) is 4.79 Å². The quantitative estimate of drug-likeness (QED) is 0.363. The molecule has 1 rings (SSSR count). The molecular formula is C8H8BNaO. The summed E-state index contributed by atoms with van der Waals surface area (Å²) in [7, 11) is 5.43. The number of rotatable bonds is 2. The Bertz CT molecular complexity index is 218. The monoisotopic (exact) mass is 154 g/mol. The molecule has 50 valence electrons. The second-order valence-corrected chi connectivity index (χ2v) is 2.07. The summed E-state index contributed by atoms with van der Waals surface area (Å²) in [5.41, 5.74) is 0.859. The van der Waals surface area contributed by atoms with Gasteiger partial charge in [0.25, 0.3) is 0 Å². The van der Waals surface area contributed by atoms with Gasteiger partial charge in [-0.05, 0) is 5.56 Å². The van der Waals surface area contributed by atoms with Crippen LogP contribution in [0.15, 0.2) is 30.3 Å². The molecule has 0 aromatic heterocycles. The zero-order valence-electron chi connectivity index (χ0n) is 7.53. The van der Waals surface area contributed by atoms with Crippen LogP contribution in [-0.4, -0.2) is 14.1 Å². The number of hydrogen-bond donors (Lipinski definition) is 0. The fourth-order valence-electron chi connectivity index (χ4n) is 0.754. The fraction of sp³-hybridized carbons (Fsp3) is 0.125. The van der Waals surface area contributed by atoms with Gasteiger partial charge in [0.1, 0.15) is 6.29 Å².